The molecule has 3 N–H and O–H groups in total. The van der Waals surface area contributed by atoms with Crippen LogP contribution in [0.3, 0.4) is 0 Å². The first-order valence-electron chi connectivity index (χ1n) is 8.66. The average molecular weight is 405 g/mol. The Bertz CT molecular complexity index is 843. The first-order chi connectivity index (χ1) is 13.5. The van der Waals surface area contributed by atoms with Crippen LogP contribution < -0.4 is 10.7 Å². The maximum absolute atomic E-state index is 13.7. The SMILES string of the molecule is CCC(CNc1ccc(Cl)cn1)N(C)C(=O)c1cc(F)ccc1N/N=C\C=N. The highest BCUT2D eigenvalue weighted by molar-refractivity contribution is 6.30. The van der Waals surface area contributed by atoms with Gasteiger partial charge in [-0.1, -0.05) is 18.5 Å². The highest BCUT2D eigenvalue weighted by atomic mass is 35.5. The van der Waals surface area contributed by atoms with Gasteiger partial charge in [-0.05, 0) is 36.8 Å². The number of amides is 1. The van der Waals surface area contributed by atoms with E-state index in [2.05, 4.69) is 20.8 Å². The maximum Gasteiger partial charge on any atom is 0.256 e. The highest BCUT2D eigenvalue weighted by Crippen LogP contribution is 2.20. The number of benzene rings is 1. The maximum atomic E-state index is 13.7. The topological polar surface area (TPSA) is 93.5 Å². The molecular formula is C19H22ClFN6O. The third-order valence-electron chi connectivity index (χ3n) is 4.13. The predicted octanol–water partition coefficient (Wildman–Crippen LogP) is 3.88. The Kier molecular flexibility index (Phi) is 7.88. The zero-order chi connectivity index (χ0) is 20.5. The number of anilines is 2. The average Bonchev–Trinajstić information content (AvgIpc) is 2.70. The number of nitrogens with one attached hydrogen (secondary N) is 3. The van der Waals surface area contributed by atoms with Crippen molar-refractivity contribution >= 4 is 41.4 Å². The fourth-order valence-electron chi connectivity index (χ4n) is 2.55. The smallest absolute Gasteiger partial charge is 0.256 e. The van der Waals surface area contributed by atoms with Crippen molar-refractivity contribution in [2.75, 3.05) is 24.3 Å². The van der Waals surface area contributed by atoms with Gasteiger partial charge in [-0.15, -0.1) is 0 Å². The minimum atomic E-state index is -0.519. The molecule has 28 heavy (non-hydrogen) atoms. The number of hydrogen-bond acceptors (Lipinski definition) is 6. The van der Waals surface area contributed by atoms with E-state index >= 15 is 0 Å². The predicted molar refractivity (Wildman–Crippen MR) is 111 cm³/mol. The van der Waals surface area contributed by atoms with Gasteiger partial charge in [0.05, 0.1) is 22.5 Å². The van der Waals surface area contributed by atoms with Crippen molar-refractivity contribution in [3.05, 3.63) is 52.9 Å². The van der Waals surface area contributed by atoms with Crippen LogP contribution in [0.4, 0.5) is 15.9 Å². The van der Waals surface area contributed by atoms with E-state index in [1.54, 1.807) is 30.3 Å². The van der Waals surface area contributed by atoms with Gasteiger partial charge in [0.2, 0.25) is 0 Å². The van der Waals surface area contributed by atoms with Crippen LogP contribution in [-0.4, -0.2) is 47.9 Å². The summed E-state index contributed by atoms with van der Waals surface area (Å²) in [4.78, 5) is 18.7. The number of hydrazone groups is 1. The molecule has 0 bridgehead atoms. The van der Waals surface area contributed by atoms with E-state index in [9.17, 15) is 9.18 Å². The number of carbonyl (C=O) groups excluding carboxylic acids is 1. The van der Waals surface area contributed by atoms with E-state index in [1.165, 1.54) is 24.4 Å². The fraction of sp³-hybridized carbons (Fsp3) is 0.263. The second kappa shape index (κ2) is 10.4. The number of halogens is 2. The second-order valence-corrected chi connectivity index (χ2v) is 6.40. The van der Waals surface area contributed by atoms with E-state index in [1.807, 2.05) is 6.92 Å². The van der Waals surface area contributed by atoms with Gasteiger partial charge in [0.15, 0.2) is 0 Å². The molecule has 0 aliphatic rings. The Balaban J connectivity index is 2.14. The van der Waals surface area contributed by atoms with Crippen LogP contribution in [0, 0.1) is 11.2 Å². The van der Waals surface area contributed by atoms with Crippen LogP contribution in [0.25, 0.3) is 0 Å². The summed E-state index contributed by atoms with van der Waals surface area (Å²) in [7, 11) is 1.67. The molecule has 9 heteroatoms. The Morgan fingerprint density at radius 3 is 2.86 bits per heavy atom. The number of nitrogens with zero attached hydrogens (tertiary/aromatic N) is 3. The van der Waals surface area contributed by atoms with Crippen LogP contribution in [0.2, 0.25) is 5.02 Å². The van der Waals surface area contributed by atoms with Crippen molar-refractivity contribution in [2.45, 2.75) is 19.4 Å². The first kappa shape index (κ1) is 21.3. The summed E-state index contributed by atoms with van der Waals surface area (Å²) in [6, 6.07) is 7.19. The summed E-state index contributed by atoms with van der Waals surface area (Å²) in [5, 5.41) is 14.5. The summed E-state index contributed by atoms with van der Waals surface area (Å²) in [5.74, 6) is -0.211. The zero-order valence-corrected chi connectivity index (χ0v) is 16.4. The molecule has 0 fully saturated rings. The van der Waals surface area contributed by atoms with E-state index in [0.717, 1.165) is 6.21 Å². The molecule has 1 aromatic carbocycles. The fourth-order valence-corrected chi connectivity index (χ4v) is 2.66. The van der Waals surface area contributed by atoms with E-state index in [-0.39, 0.29) is 17.5 Å². The van der Waals surface area contributed by atoms with Gasteiger partial charge in [0.25, 0.3) is 5.91 Å². The van der Waals surface area contributed by atoms with Gasteiger partial charge in [-0.3, -0.25) is 10.2 Å². The largest absolute Gasteiger partial charge is 0.368 e. The number of aromatic nitrogens is 1. The zero-order valence-electron chi connectivity index (χ0n) is 15.6. The summed E-state index contributed by atoms with van der Waals surface area (Å²) in [6.07, 6.45) is 4.44. The lowest BCUT2D eigenvalue weighted by Crippen LogP contribution is -2.41. The van der Waals surface area contributed by atoms with Gasteiger partial charge in [0.1, 0.15) is 11.6 Å². The monoisotopic (exact) mass is 404 g/mol. The van der Waals surface area contributed by atoms with Crippen molar-refractivity contribution in [1.82, 2.24) is 9.88 Å². The van der Waals surface area contributed by atoms with Crippen LogP contribution in [0.15, 0.2) is 41.6 Å². The molecule has 0 aliphatic heterocycles. The second-order valence-electron chi connectivity index (χ2n) is 5.97. The number of pyridine rings is 1. The molecule has 0 aliphatic carbocycles. The Morgan fingerprint density at radius 2 is 2.21 bits per heavy atom. The quantitative estimate of drug-likeness (QED) is 0.436. The van der Waals surface area contributed by atoms with Gasteiger partial charge in [0, 0.05) is 32.0 Å². The third-order valence-corrected chi connectivity index (χ3v) is 4.36. The number of rotatable bonds is 9. The molecule has 1 atom stereocenters. The van der Waals surface area contributed by atoms with E-state index < -0.39 is 5.82 Å². The van der Waals surface area contributed by atoms with Gasteiger partial charge >= 0.3 is 0 Å². The molecule has 1 unspecified atom stereocenters. The number of carbonyl (C=O) groups is 1. The highest BCUT2D eigenvalue weighted by Gasteiger charge is 2.22. The van der Waals surface area contributed by atoms with Crippen molar-refractivity contribution in [2.24, 2.45) is 5.10 Å². The first-order valence-corrected chi connectivity index (χ1v) is 9.04. The molecule has 148 valence electrons. The van der Waals surface area contributed by atoms with Crippen molar-refractivity contribution in [3.8, 4) is 0 Å². The summed E-state index contributed by atoms with van der Waals surface area (Å²) in [6.45, 7) is 2.43. The Morgan fingerprint density at radius 1 is 1.43 bits per heavy atom. The molecule has 0 radical (unpaired) electrons. The van der Waals surface area contributed by atoms with Gasteiger partial charge in [-0.25, -0.2) is 9.37 Å². The van der Waals surface area contributed by atoms with E-state index in [0.29, 0.717) is 29.5 Å². The molecule has 1 aromatic heterocycles. The van der Waals surface area contributed by atoms with Gasteiger partial charge in [-0.2, -0.15) is 5.10 Å². The summed E-state index contributed by atoms with van der Waals surface area (Å²) < 4.78 is 13.7. The normalized spacial score (nSPS) is 11.9. The lowest BCUT2D eigenvalue weighted by atomic mass is 10.1. The van der Waals surface area contributed by atoms with Crippen LogP contribution >= 0.6 is 11.6 Å². The Labute approximate surface area is 168 Å². The molecular weight excluding hydrogens is 383 g/mol. The molecule has 0 saturated carbocycles. The molecule has 1 heterocycles. The van der Waals surface area contributed by atoms with Crippen LogP contribution in [0.1, 0.15) is 23.7 Å². The van der Waals surface area contributed by atoms with Crippen LogP contribution in [0.5, 0.6) is 0 Å². The summed E-state index contributed by atoms with van der Waals surface area (Å²) in [5.41, 5.74) is 3.18. The molecule has 7 nitrogen and oxygen atoms in total. The Hall–Kier alpha value is -3.00. The number of likely N-dealkylation sites (N-methyl/N-ethyl adjacent to an activating group) is 1. The lowest BCUT2D eigenvalue weighted by Gasteiger charge is -2.28. The van der Waals surface area contributed by atoms with Crippen molar-refractivity contribution in [1.29, 1.82) is 5.41 Å². The minimum Gasteiger partial charge on any atom is -0.368 e. The standard InChI is InChI=1S/C19H22ClFN6O/c1-3-15(12-24-18-7-4-13(20)11-23-18)27(2)19(28)16-10-14(21)5-6-17(16)26-25-9-8-22/h4-11,15,22,26H,3,12H2,1-2H3,(H,23,24)/b22-8?,25-9-. The number of hydrogen-bond donors (Lipinski definition) is 3. The molecule has 0 spiro atoms. The van der Waals surface area contributed by atoms with Crippen molar-refractivity contribution < 1.29 is 9.18 Å². The van der Waals surface area contributed by atoms with Crippen LogP contribution in [-0.2, 0) is 0 Å². The molecule has 1 amide bonds. The van der Waals surface area contributed by atoms with Gasteiger partial charge < -0.3 is 15.6 Å². The molecule has 0 saturated heterocycles. The van der Waals surface area contributed by atoms with Crippen molar-refractivity contribution in [3.63, 3.8) is 0 Å². The lowest BCUT2D eigenvalue weighted by molar-refractivity contribution is 0.0736. The molecule has 2 rings (SSSR count). The summed E-state index contributed by atoms with van der Waals surface area (Å²) >= 11 is 5.83. The third kappa shape index (κ3) is 5.75. The molecule has 2 aromatic rings. The minimum absolute atomic E-state index is 0.147. The van der Waals surface area contributed by atoms with E-state index in [4.69, 9.17) is 17.0 Å².